The molecule has 0 bridgehead atoms. The normalized spacial score (nSPS) is 10.8. The molecule has 0 spiro atoms. The lowest BCUT2D eigenvalue weighted by Crippen LogP contribution is -2.37. The number of aromatic nitrogens is 5. The molecule has 0 aliphatic heterocycles. The smallest absolute Gasteiger partial charge is 0.239 e. The second kappa shape index (κ2) is 3.30. The van der Waals surface area contributed by atoms with Crippen molar-refractivity contribution in [3.05, 3.63) is 24.3 Å². The third-order valence-electron chi connectivity index (χ3n) is 2.14. The van der Waals surface area contributed by atoms with E-state index >= 15 is 0 Å². The Kier molecular flexibility index (Phi) is 1.82. The van der Waals surface area contributed by atoms with Crippen molar-refractivity contribution >= 4 is 11.3 Å². The highest BCUT2D eigenvalue weighted by molar-refractivity contribution is 5.59. The molecule has 0 aliphatic carbocycles. The fourth-order valence-corrected chi connectivity index (χ4v) is 1.34. The maximum atomic E-state index is 5.06. The molecule has 16 heavy (non-hydrogen) atoms. The molecule has 0 fully saturated rings. The largest absolute Gasteiger partial charge is 0.497 e. The lowest BCUT2D eigenvalue weighted by atomic mass is 10.3. The summed E-state index contributed by atoms with van der Waals surface area (Å²) in [6.07, 6.45) is 0. The molecule has 0 radical (unpaired) electrons. The molecule has 2 aromatic heterocycles. The maximum absolute atomic E-state index is 5.06. The minimum absolute atomic E-state index is 0.385. The van der Waals surface area contributed by atoms with Gasteiger partial charge in [-0.25, -0.2) is 0 Å². The van der Waals surface area contributed by atoms with E-state index in [4.69, 9.17) is 4.74 Å². The molecule has 0 atom stereocenters. The van der Waals surface area contributed by atoms with E-state index in [9.17, 15) is 0 Å². The molecule has 1 aromatic carbocycles. The van der Waals surface area contributed by atoms with Gasteiger partial charge in [-0.2, -0.15) is 5.16 Å². The van der Waals surface area contributed by atoms with E-state index in [0.29, 0.717) is 11.3 Å². The topological polar surface area (TPSA) is 79.0 Å². The molecule has 0 saturated heterocycles. The van der Waals surface area contributed by atoms with Gasteiger partial charge in [-0.05, 0) is 12.1 Å². The SMILES string of the molecule is COc1ccc(-[n+]2nc3nonc3[n-]2)cc1. The Bertz CT molecular complexity index is 584. The number of nitrogens with zero attached hydrogens (tertiary/aromatic N) is 5. The Labute approximate surface area is 89.6 Å². The fraction of sp³-hybridized carbons (Fsp3) is 0.111. The minimum Gasteiger partial charge on any atom is -0.497 e. The first-order chi connectivity index (χ1) is 7.86. The lowest BCUT2D eigenvalue weighted by Gasteiger charge is -1.97. The van der Waals surface area contributed by atoms with Crippen LogP contribution in [0.2, 0.25) is 0 Å². The molecule has 0 N–H and O–H groups in total. The van der Waals surface area contributed by atoms with E-state index in [1.54, 1.807) is 7.11 Å². The number of benzene rings is 1. The Morgan fingerprint density at radius 3 is 2.75 bits per heavy atom. The van der Waals surface area contributed by atoms with Gasteiger partial charge in [0.05, 0.1) is 7.11 Å². The summed E-state index contributed by atoms with van der Waals surface area (Å²) in [6, 6.07) is 7.34. The van der Waals surface area contributed by atoms with Crippen LogP contribution in [0.15, 0.2) is 28.9 Å². The molecule has 3 aromatic rings. The average molecular weight is 217 g/mol. The Morgan fingerprint density at radius 1 is 1.25 bits per heavy atom. The van der Waals surface area contributed by atoms with Crippen molar-refractivity contribution in [1.29, 1.82) is 0 Å². The summed E-state index contributed by atoms with van der Waals surface area (Å²) in [5, 5.41) is 15.4. The van der Waals surface area contributed by atoms with Crippen LogP contribution in [-0.4, -0.2) is 22.5 Å². The molecule has 7 nitrogen and oxygen atoms in total. The van der Waals surface area contributed by atoms with Gasteiger partial charge in [-0.15, -0.1) is 0 Å². The van der Waals surface area contributed by atoms with Crippen LogP contribution in [0, 0.1) is 0 Å². The number of rotatable bonds is 2. The first-order valence-corrected chi connectivity index (χ1v) is 4.57. The number of methoxy groups -OCH3 is 1. The Balaban J connectivity index is 2.05. The van der Waals surface area contributed by atoms with Crippen molar-refractivity contribution in [2.75, 3.05) is 7.11 Å². The number of hydrogen-bond acceptors (Lipinski definition) is 5. The van der Waals surface area contributed by atoms with Crippen LogP contribution in [0.3, 0.4) is 0 Å². The molecule has 3 rings (SSSR count). The van der Waals surface area contributed by atoms with Crippen LogP contribution in [-0.2, 0) is 0 Å². The summed E-state index contributed by atoms with van der Waals surface area (Å²) < 4.78 is 9.53. The number of ether oxygens (including phenoxy) is 1. The standard InChI is InChI=1S/C9H7N5O2/c1-15-7-4-2-6(3-5-7)14-10-8-9(11-14)13-16-12-8/h2-5H,1H3. The van der Waals surface area contributed by atoms with Gasteiger partial charge in [0.25, 0.3) is 0 Å². The molecule has 0 aliphatic rings. The van der Waals surface area contributed by atoms with E-state index in [1.165, 1.54) is 4.80 Å². The van der Waals surface area contributed by atoms with Gasteiger partial charge < -0.3 is 9.37 Å². The average Bonchev–Trinajstić information content (AvgIpc) is 2.89. The van der Waals surface area contributed by atoms with Crippen molar-refractivity contribution in [3.63, 3.8) is 0 Å². The Hall–Kier alpha value is -2.44. The highest BCUT2D eigenvalue weighted by Crippen LogP contribution is 2.10. The zero-order valence-electron chi connectivity index (χ0n) is 8.36. The number of hydrogen-bond donors (Lipinski definition) is 0. The molecule has 80 valence electrons. The zero-order chi connectivity index (χ0) is 11.0. The molecular weight excluding hydrogens is 210 g/mol. The first-order valence-electron chi connectivity index (χ1n) is 4.57. The van der Waals surface area contributed by atoms with Crippen molar-refractivity contribution in [1.82, 2.24) is 20.5 Å². The monoisotopic (exact) mass is 217 g/mol. The van der Waals surface area contributed by atoms with Gasteiger partial charge in [-0.3, -0.25) is 0 Å². The molecule has 0 unspecified atom stereocenters. The van der Waals surface area contributed by atoms with Gasteiger partial charge in [0.2, 0.25) is 11.3 Å². The van der Waals surface area contributed by atoms with E-state index in [1.807, 2.05) is 24.3 Å². The summed E-state index contributed by atoms with van der Waals surface area (Å²) in [5.41, 5.74) is 1.58. The quantitative estimate of drug-likeness (QED) is 0.556. The predicted molar refractivity (Wildman–Crippen MR) is 51.0 cm³/mol. The third-order valence-corrected chi connectivity index (χ3v) is 2.14. The van der Waals surface area contributed by atoms with Gasteiger partial charge in [-0.1, -0.05) is 20.2 Å². The summed E-state index contributed by atoms with van der Waals surface area (Å²) in [7, 11) is 1.62. The molecular formula is C9H7N5O2. The molecule has 7 heteroatoms. The summed E-state index contributed by atoms with van der Waals surface area (Å²) >= 11 is 0. The summed E-state index contributed by atoms with van der Waals surface area (Å²) in [4.78, 5) is 1.44. The highest BCUT2D eigenvalue weighted by Gasteiger charge is 2.10. The Morgan fingerprint density at radius 2 is 2.06 bits per heavy atom. The minimum atomic E-state index is 0.385. The summed E-state index contributed by atoms with van der Waals surface area (Å²) in [5.74, 6) is 0.779. The second-order valence-corrected chi connectivity index (χ2v) is 3.10. The molecule has 0 amide bonds. The first kappa shape index (κ1) is 8.84. The maximum Gasteiger partial charge on any atom is 0.239 e. The van der Waals surface area contributed by atoms with E-state index < -0.39 is 0 Å². The van der Waals surface area contributed by atoms with Crippen LogP contribution in [0.1, 0.15) is 0 Å². The van der Waals surface area contributed by atoms with Gasteiger partial charge in [0.1, 0.15) is 11.4 Å². The van der Waals surface area contributed by atoms with E-state index in [-0.39, 0.29) is 0 Å². The molecule has 2 heterocycles. The van der Waals surface area contributed by atoms with Crippen molar-refractivity contribution in [3.8, 4) is 11.4 Å². The van der Waals surface area contributed by atoms with Crippen molar-refractivity contribution < 1.29 is 14.2 Å². The van der Waals surface area contributed by atoms with Gasteiger partial charge in [0.15, 0.2) is 0 Å². The number of fused-ring (bicyclic) bond motifs is 1. The van der Waals surface area contributed by atoms with Crippen LogP contribution in [0.4, 0.5) is 0 Å². The van der Waals surface area contributed by atoms with Gasteiger partial charge in [0, 0.05) is 12.1 Å². The van der Waals surface area contributed by atoms with E-state index in [2.05, 4.69) is 25.1 Å². The van der Waals surface area contributed by atoms with E-state index in [0.717, 1.165) is 11.4 Å². The highest BCUT2D eigenvalue weighted by atomic mass is 16.6. The van der Waals surface area contributed by atoms with Crippen molar-refractivity contribution in [2.24, 2.45) is 0 Å². The van der Waals surface area contributed by atoms with Crippen LogP contribution in [0.5, 0.6) is 5.75 Å². The second-order valence-electron chi connectivity index (χ2n) is 3.10. The molecule has 0 saturated carbocycles. The van der Waals surface area contributed by atoms with Crippen molar-refractivity contribution in [2.45, 2.75) is 0 Å². The lowest BCUT2D eigenvalue weighted by molar-refractivity contribution is -0.716. The zero-order valence-corrected chi connectivity index (χ0v) is 8.36. The van der Waals surface area contributed by atoms with Crippen LogP contribution in [0.25, 0.3) is 17.0 Å². The fourth-order valence-electron chi connectivity index (χ4n) is 1.34. The van der Waals surface area contributed by atoms with Crippen LogP contribution >= 0.6 is 0 Å². The predicted octanol–water partition coefficient (Wildman–Crippen LogP) is -0.140. The van der Waals surface area contributed by atoms with Gasteiger partial charge >= 0.3 is 0 Å². The van der Waals surface area contributed by atoms with Crippen LogP contribution < -0.4 is 14.6 Å². The summed E-state index contributed by atoms with van der Waals surface area (Å²) in [6.45, 7) is 0. The third kappa shape index (κ3) is 1.29.